The number of carbonyl (C=O) groups excluding carboxylic acids is 2. The molecular weight excluding hydrogens is 164 g/mol. The molecule has 11 heavy (non-hydrogen) atoms. The molecule has 1 atom stereocenters. The number of amides is 3. The molecule has 1 fully saturated rings. The van der Waals surface area contributed by atoms with Gasteiger partial charge in [-0.3, -0.25) is 14.4 Å². The van der Waals surface area contributed by atoms with E-state index in [0.717, 1.165) is 4.31 Å². The smallest absolute Gasteiger partial charge is 0.275 e. The SMILES string of the molecule is CC(C)C1C(=O)NC(=O)N1S. The molecule has 0 aromatic heterocycles. The van der Waals surface area contributed by atoms with E-state index >= 15 is 0 Å². The van der Waals surface area contributed by atoms with Gasteiger partial charge in [0, 0.05) is 0 Å². The summed E-state index contributed by atoms with van der Waals surface area (Å²) in [5.74, 6) is -0.168. The molecule has 0 saturated carbocycles. The molecule has 1 aliphatic heterocycles. The van der Waals surface area contributed by atoms with Crippen molar-refractivity contribution in [3.05, 3.63) is 0 Å². The molecule has 0 radical (unpaired) electrons. The summed E-state index contributed by atoms with van der Waals surface area (Å²) in [7, 11) is 0. The fraction of sp³-hybridized carbons (Fsp3) is 0.667. The van der Waals surface area contributed by atoms with Gasteiger partial charge >= 0.3 is 6.03 Å². The molecule has 0 aromatic carbocycles. The zero-order chi connectivity index (χ0) is 8.59. The van der Waals surface area contributed by atoms with Crippen LogP contribution in [0.5, 0.6) is 0 Å². The summed E-state index contributed by atoms with van der Waals surface area (Å²) in [5, 5.41) is 2.17. The first kappa shape index (κ1) is 8.39. The fourth-order valence-electron chi connectivity index (χ4n) is 1.06. The highest BCUT2D eigenvalue weighted by Crippen LogP contribution is 2.17. The second-order valence-electron chi connectivity index (χ2n) is 2.83. The van der Waals surface area contributed by atoms with Crippen LogP contribution in [0.3, 0.4) is 0 Å². The Morgan fingerprint density at radius 3 is 2.27 bits per heavy atom. The van der Waals surface area contributed by atoms with E-state index in [1.54, 1.807) is 0 Å². The topological polar surface area (TPSA) is 49.4 Å². The van der Waals surface area contributed by atoms with E-state index < -0.39 is 12.1 Å². The van der Waals surface area contributed by atoms with Crippen LogP contribution >= 0.6 is 12.8 Å². The van der Waals surface area contributed by atoms with Gasteiger partial charge in [-0.05, 0) is 5.92 Å². The molecule has 1 aliphatic rings. The van der Waals surface area contributed by atoms with Crippen LogP contribution in [-0.4, -0.2) is 22.3 Å². The number of nitrogens with zero attached hydrogens (tertiary/aromatic N) is 1. The van der Waals surface area contributed by atoms with Crippen LogP contribution in [0.15, 0.2) is 0 Å². The summed E-state index contributed by atoms with van der Waals surface area (Å²) in [6, 6.07) is -0.858. The predicted molar refractivity (Wildman–Crippen MR) is 43.0 cm³/mol. The van der Waals surface area contributed by atoms with Crippen molar-refractivity contribution in [3.63, 3.8) is 0 Å². The Balaban J connectivity index is 2.79. The van der Waals surface area contributed by atoms with Crippen molar-refractivity contribution < 1.29 is 9.59 Å². The van der Waals surface area contributed by atoms with Crippen molar-refractivity contribution >= 4 is 24.8 Å². The lowest BCUT2D eigenvalue weighted by molar-refractivity contribution is -0.121. The van der Waals surface area contributed by atoms with Crippen LogP contribution in [-0.2, 0) is 4.79 Å². The van der Waals surface area contributed by atoms with Crippen molar-refractivity contribution in [3.8, 4) is 0 Å². The number of hydrogen-bond acceptors (Lipinski definition) is 3. The van der Waals surface area contributed by atoms with Crippen molar-refractivity contribution in [1.29, 1.82) is 0 Å². The highest BCUT2D eigenvalue weighted by molar-refractivity contribution is 7.78. The first-order valence-electron chi connectivity index (χ1n) is 3.37. The molecule has 1 unspecified atom stereocenters. The molecule has 0 aromatic rings. The molecule has 0 bridgehead atoms. The van der Waals surface area contributed by atoms with E-state index in [0.29, 0.717) is 0 Å². The number of hydrogen-bond donors (Lipinski definition) is 2. The van der Waals surface area contributed by atoms with Crippen LogP contribution < -0.4 is 5.32 Å². The van der Waals surface area contributed by atoms with Gasteiger partial charge in [-0.2, -0.15) is 0 Å². The average Bonchev–Trinajstić information content (AvgIpc) is 2.07. The normalized spacial score (nSPS) is 24.7. The summed E-state index contributed by atoms with van der Waals surface area (Å²) in [4.78, 5) is 21.8. The van der Waals surface area contributed by atoms with Crippen LogP contribution in [0.2, 0.25) is 0 Å². The lowest BCUT2D eigenvalue weighted by Crippen LogP contribution is -2.32. The molecule has 1 N–H and O–H groups in total. The van der Waals surface area contributed by atoms with Gasteiger partial charge in [0.05, 0.1) is 0 Å². The minimum Gasteiger partial charge on any atom is -0.275 e. The Kier molecular flexibility index (Phi) is 2.08. The quantitative estimate of drug-likeness (QED) is 0.447. The highest BCUT2D eigenvalue weighted by atomic mass is 32.1. The van der Waals surface area contributed by atoms with Gasteiger partial charge < -0.3 is 0 Å². The van der Waals surface area contributed by atoms with E-state index in [1.807, 2.05) is 13.8 Å². The van der Waals surface area contributed by atoms with E-state index in [1.165, 1.54) is 0 Å². The summed E-state index contributed by atoms with van der Waals surface area (Å²) in [5.41, 5.74) is 0. The van der Waals surface area contributed by atoms with Crippen molar-refractivity contribution in [2.45, 2.75) is 19.9 Å². The number of rotatable bonds is 1. The molecule has 4 nitrogen and oxygen atoms in total. The minimum atomic E-state index is -0.433. The highest BCUT2D eigenvalue weighted by Gasteiger charge is 2.38. The van der Waals surface area contributed by atoms with Crippen molar-refractivity contribution in [2.75, 3.05) is 0 Å². The summed E-state index contributed by atoms with van der Waals surface area (Å²) >= 11 is 3.88. The second kappa shape index (κ2) is 2.73. The zero-order valence-corrected chi connectivity index (χ0v) is 7.26. The zero-order valence-electron chi connectivity index (χ0n) is 6.37. The maximum Gasteiger partial charge on any atom is 0.334 e. The standard InChI is InChI=1S/C6H10N2O2S/c1-3(2)4-5(9)7-6(10)8(4)11/h3-4,11H,1-2H3,(H,7,9,10). The Morgan fingerprint density at radius 1 is 1.55 bits per heavy atom. The molecular formula is C6H10N2O2S. The fourth-order valence-corrected chi connectivity index (χ4v) is 1.48. The molecule has 5 heteroatoms. The number of urea groups is 1. The number of imide groups is 1. The predicted octanol–water partition coefficient (Wildman–Crippen LogP) is 0.408. The summed E-state index contributed by atoms with van der Waals surface area (Å²) in [6.45, 7) is 3.73. The van der Waals surface area contributed by atoms with Crippen LogP contribution in [0, 0.1) is 5.92 Å². The largest absolute Gasteiger partial charge is 0.334 e. The van der Waals surface area contributed by atoms with E-state index in [-0.39, 0.29) is 11.8 Å². The Hall–Kier alpha value is -0.710. The third-order valence-electron chi connectivity index (χ3n) is 1.60. The average molecular weight is 174 g/mol. The summed E-state index contributed by atoms with van der Waals surface area (Å²) < 4.78 is 1.13. The van der Waals surface area contributed by atoms with Crippen molar-refractivity contribution in [1.82, 2.24) is 9.62 Å². The minimum absolute atomic E-state index is 0.0962. The Labute approximate surface area is 70.5 Å². The third-order valence-corrected chi connectivity index (χ3v) is 2.03. The lowest BCUT2D eigenvalue weighted by Gasteiger charge is -2.17. The van der Waals surface area contributed by atoms with Gasteiger partial charge in [0.2, 0.25) is 0 Å². The lowest BCUT2D eigenvalue weighted by atomic mass is 10.1. The van der Waals surface area contributed by atoms with Crippen LogP contribution in [0.4, 0.5) is 4.79 Å². The monoisotopic (exact) mass is 174 g/mol. The van der Waals surface area contributed by atoms with Gasteiger partial charge in [-0.15, -0.1) is 0 Å². The molecule has 0 spiro atoms. The molecule has 1 heterocycles. The molecule has 0 aliphatic carbocycles. The van der Waals surface area contributed by atoms with Gasteiger partial charge in [0.1, 0.15) is 6.04 Å². The maximum absolute atomic E-state index is 11.0. The van der Waals surface area contributed by atoms with E-state index in [2.05, 4.69) is 18.1 Å². The number of thiol groups is 1. The third kappa shape index (κ3) is 1.33. The Morgan fingerprint density at radius 2 is 2.09 bits per heavy atom. The van der Waals surface area contributed by atoms with Crippen LogP contribution in [0.1, 0.15) is 13.8 Å². The van der Waals surface area contributed by atoms with E-state index in [4.69, 9.17) is 0 Å². The van der Waals surface area contributed by atoms with Gasteiger partial charge in [0.25, 0.3) is 5.91 Å². The molecule has 3 amide bonds. The van der Waals surface area contributed by atoms with Gasteiger partial charge in [0.15, 0.2) is 0 Å². The van der Waals surface area contributed by atoms with Crippen LogP contribution in [0.25, 0.3) is 0 Å². The number of carbonyl (C=O) groups is 2. The van der Waals surface area contributed by atoms with Crippen molar-refractivity contribution in [2.24, 2.45) is 5.92 Å². The first-order valence-corrected chi connectivity index (χ1v) is 3.77. The molecule has 1 saturated heterocycles. The van der Waals surface area contributed by atoms with Gasteiger partial charge in [-0.1, -0.05) is 26.7 Å². The summed E-state index contributed by atoms with van der Waals surface area (Å²) in [6.07, 6.45) is 0. The maximum atomic E-state index is 11.0. The molecule has 62 valence electrons. The molecule has 1 rings (SSSR count). The Bertz CT molecular complexity index is 205. The van der Waals surface area contributed by atoms with Gasteiger partial charge in [-0.25, -0.2) is 4.79 Å². The second-order valence-corrected chi connectivity index (χ2v) is 3.26. The first-order chi connectivity index (χ1) is 5.04. The van der Waals surface area contributed by atoms with E-state index in [9.17, 15) is 9.59 Å². The number of nitrogens with one attached hydrogen (secondary N) is 1.